The lowest BCUT2D eigenvalue weighted by Crippen LogP contribution is -2.59. The zero-order chi connectivity index (χ0) is 35.9. The van der Waals surface area contributed by atoms with Crippen molar-refractivity contribution < 1.29 is 33.8 Å². The fourth-order valence-electron chi connectivity index (χ4n) is 8.31. The Kier molecular flexibility index (Phi) is 10.4. The summed E-state index contributed by atoms with van der Waals surface area (Å²) in [4.78, 5) is 61.0. The number of allylic oxidation sites excluding steroid dienone is 1. The molecule has 2 N–H and O–H groups in total. The molecule has 4 heterocycles. The number of likely N-dealkylation sites (tertiary alicyclic amines) is 1. The number of aliphatic hydroxyl groups excluding tert-OH is 1. The van der Waals surface area contributed by atoms with Crippen molar-refractivity contribution in [3.05, 3.63) is 87.9 Å². The van der Waals surface area contributed by atoms with Crippen LogP contribution in [0.25, 0.3) is 0 Å². The molecule has 4 aliphatic heterocycles. The van der Waals surface area contributed by atoms with E-state index in [-0.39, 0.29) is 37.3 Å². The number of benzene rings is 2. The van der Waals surface area contributed by atoms with Gasteiger partial charge in [0.25, 0.3) is 5.91 Å². The van der Waals surface area contributed by atoms with E-state index in [9.17, 15) is 19.5 Å². The third-order valence-corrected chi connectivity index (χ3v) is 11.1. The van der Waals surface area contributed by atoms with Gasteiger partial charge in [0.2, 0.25) is 11.8 Å². The Hall–Kier alpha value is -3.80. The maximum absolute atomic E-state index is 15.3. The zero-order valence-electron chi connectivity index (χ0n) is 29.2. The van der Waals surface area contributed by atoms with Gasteiger partial charge in [0.05, 0.1) is 24.6 Å². The molecule has 2 fully saturated rings. The van der Waals surface area contributed by atoms with Crippen LogP contribution in [0.15, 0.2) is 71.2 Å². The van der Waals surface area contributed by atoms with E-state index >= 15 is 4.79 Å². The summed E-state index contributed by atoms with van der Waals surface area (Å²) in [6, 6.07) is 12.5. The molecule has 6 rings (SSSR count). The highest BCUT2D eigenvalue weighted by Crippen LogP contribution is 2.59. The van der Waals surface area contributed by atoms with Gasteiger partial charge in [-0.3, -0.25) is 19.2 Å². The van der Waals surface area contributed by atoms with Gasteiger partial charge in [-0.05, 0) is 62.3 Å². The van der Waals surface area contributed by atoms with Crippen LogP contribution in [0, 0.1) is 31.6 Å². The number of ether oxygens (including phenoxy) is 2. The summed E-state index contributed by atoms with van der Waals surface area (Å²) < 4.78 is 13.5. The van der Waals surface area contributed by atoms with Crippen molar-refractivity contribution in [2.45, 2.75) is 89.8 Å². The highest BCUT2D eigenvalue weighted by molar-refractivity contribution is 9.11. The number of nitrogens with one attached hydrogen (secondary N) is 1. The first-order valence-electron chi connectivity index (χ1n) is 17.5. The first-order chi connectivity index (χ1) is 23.9. The van der Waals surface area contributed by atoms with Crippen LogP contribution in [0.4, 0.5) is 5.69 Å². The Morgan fingerprint density at radius 2 is 1.68 bits per heavy atom. The van der Waals surface area contributed by atoms with E-state index in [0.29, 0.717) is 28.6 Å². The molecule has 0 unspecified atom stereocenters. The van der Waals surface area contributed by atoms with Crippen molar-refractivity contribution in [1.82, 2.24) is 10.2 Å². The highest BCUT2D eigenvalue weighted by atomic mass is 79.9. The molecule has 50 heavy (non-hydrogen) atoms. The number of anilines is 1. The van der Waals surface area contributed by atoms with Crippen LogP contribution in [0.2, 0.25) is 0 Å². The number of hydrogen-bond donors (Lipinski definition) is 2. The maximum atomic E-state index is 15.3. The molecule has 1 spiro atoms. The van der Waals surface area contributed by atoms with E-state index in [0.717, 1.165) is 11.1 Å². The summed E-state index contributed by atoms with van der Waals surface area (Å²) in [5.74, 6) is -3.74. The van der Waals surface area contributed by atoms with Crippen molar-refractivity contribution in [2.24, 2.45) is 17.8 Å². The van der Waals surface area contributed by atoms with Crippen LogP contribution >= 0.6 is 15.9 Å². The normalized spacial score (nSPS) is 31.4. The fraction of sp³-hybridized carbons (Fsp3) is 0.487. The molecule has 8 atom stereocenters. The lowest BCUT2D eigenvalue weighted by molar-refractivity contribution is -0.161. The number of aryl methyl sites for hydroxylation is 2. The third kappa shape index (κ3) is 6.32. The number of fused-ring (bicyclic) bond motifs is 2. The average Bonchev–Trinajstić information content (AvgIpc) is 3.67. The SMILES string of the molecule is Cc1cccc(C)c1N1C/C=C\CCC(=O)N[C@H](C)[C@@H](c2ccccc2)OC(=O)[C@@H]2[C@H]3O[C@@]4(C=C3Br)[C@H](C1=O)N([C@@H](CO)CC(C)C)C(=O)[C@@H]24. The molecule has 0 aliphatic carbocycles. The van der Waals surface area contributed by atoms with E-state index in [2.05, 4.69) is 21.2 Å². The van der Waals surface area contributed by atoms with E-state index < -0.39 is 59.6 Å². The molecule has 2 saturated heterocycles. The second-order valence-electron chi connectivity index (χ2n) is 14.4. The largest absolute Gasteiger partial charge is 0.455 e. The lowest BCUT2D eigenvalue weighted by Gasteiger charge is -2.39. The van der Waals surface area contributed by atoms with Crippen LogP contribution in [-0.4, -0.2) is 76.7 Å². The Balaban J connectivity index is 1.52. The minimum Gasteiger partial charge on any atom is -0.455 e. The molecule has 266 valence electrons. The van der Waals surface area contributed by atoms with Gasteiger partial charge in [0.15, 0.2) is 0 Å². The number of esters is 1. The second kappa shape index (κ2) is 14.4. The molecule has 0 saturated carbocycles. The van der Waals surface area contributed by atoms with Crippen molar-refractivity contribution >= 4 is 45.3 Å². The van der Waals surface area contributed by atoms with E-state index in [1.165, 1.54) is 4.90 Å². The van der Waals surface area contributed by atoms with Gasteiger partial charge in [-0.25, -0.2) is 0 Å². The first kappa shape index (κ1) is 36.0. The molecular formula is C39H46BrN3O7. The first-order valence-corrected chi connectivity index (χ1v) is 18.2. The molecule has 5 bridgehead atoms. The number of cyclic esters (lactones) is 1. The number of rotatable bonds is 6. The Bertz CT molecular complexity index is 1690. The topological polar surface area (TPSA) is 125 Å². The molecule has 10 nitrogen and oxygen atoms in total. The molecule has 2 aromatic rings. The van der Waals surface area contributed by atoms with Crippen LogP contribution in [0.5, 0.6) is 0 Å². The van der Waals surface area contributed by atoms with Gasteiger partial charge in [-0.1, -0.05) is 90.5 Å². The van der Waals surface area contributed by atoms with Gasteiger partial charge in [0.1, 0.15) is 29.8 Å². The number of amides is 3. The Labute approximate surface area is 302 Å². The zero-order valence-corrected chi connectivity index (χ0v) is 30.8. The van der Waals surface area contributed by atoms with Gasteiger partial charge >= 0.3 is 5.97 Å². The monoisotopic (exact) mass is 747 g/mol. The maximum Gasteiger partial charge on any atom is 0.313 e. The van der Waals surface area contributed by atoms with Crippen molar-refractivity contribution in [3.63, 3.8) is 0 Å². The second-order valence-corrected chi connectivity index (χ2v) is 15.3. The summed E-state index contributed by atoms with van der Waals surface area (Å²) in [6.07, 6.45) is 4.87. The molecule has 3 amide bonds. The number of carbonyl (C=O) groups is 4. The quantitative estimate of drug-likeness (QED) is 0.313. The predicted octanol–water partition coefficient (Wildman–Crippen LogP) is 5.06. The number of aliphatic hydroxyl groups is 1. The molecule has 2 aromatic carbocycles. The molecule has 0 radical (unpaired) electrons. The smallest absolute Gasteiger partial charge is 0.313 e. The molecule has 4 aliphatic rings. The third-order valence-electron chi connectivity index (χ3n) is 10.4. The minimum atomic E-state index is -1.50. The van der Waals surface area contributed by atoms with E-state index in [1.54, 1.807) is 17.9 Å². The predicted molar refractivity (Wildman–Crippen MR) is 192 cm³/mol. The summed E-state index contributed by atoms with van der Waals surface area (Å²) in [6.45, 7) is 9.47. The van der Waals surface area contributed by atoms with Gasteiger partial charge in [-0.2, -0.15) is 0 Å². The number of para-hydroxylation sites is 1. The molecular weight excluding hydrogens is 702 g/mol. The Morgan fingerprint density at radius 3 is 2.34 bits per heavy atom. The number of halogens is 1. The molecule has 0 aromatic heterocycles. The minimum absolute atomic E-state index is 0.0976. The van der Waals surface area contributed by atoms with Gasteiger partial charge in [-0.15, -0.1) is 0 Å². The van der Waals surface area contributed by atoms with Crippen molar-refractivity contribution in [3.8, 4) is 0 Å². The van der Waals surface area contributed by atoms with Gasteiger partial charge < -0.3 is 29.7 Å². The number of carbonyl (C=O) groups excluding carboxylic acids is 4. The standard InChI is InChI=1S/C39H46BrN3O7/c1-22(2)19-27(21-44)43-35-37(47)42(32-23(3)13-12-14-24(32)4)18-11-7-10-17-29(45)41-25(5)33(26-15-8-6-9-16-26)49-38(48)30-31(36(43)46)39(35)20-28(40)34(30)50-39/h6-9,11-16,20,22,25,27,30-31,33-35,44H,10,17-19,21H2,1-5H3,(H,41,45)/b11-7-/t25-,27-,30+,31-,33+,34+,35+,39-/m1/s1. The van der Waals surface area contributed by atoms with E-state index in [4.69, 9.17) is 9.47 Å². The van der Waals surface area contributed by atoms with Crippen molar-refractivity contribution in [2.75, 3.05) is 18.1 Å². The summed E-state index contributed by atoms with van der Waals surface area (Å²) >= 11 is 3.63. The molecule has 11 heteroatoms. The fourth-order valence-corrected chi connectivity index (χ4v) is 9.04. The van der Waals surface area contributed by atoms with Crippen LogP contribution in [-0.2, 0) is 28.7 Å². The average molecular weight is 749 g/mol. The summed E-state index contributed by atoms with van der Waals surface area (Å²) in [7, 11) is 0. The van der Waals surface area contributed by atoms with Crippen molar-refractivity contribution in [1.29, 1.82) is 0 Å². The van der Waals surface area contributed by atoms with Crippen LogP contribution in [0.1, 0.15) is 62.8 Å². The summed E-state index contributed by atoms with van der Waals surface area (Å²) in [5, 5.41) is 13.8. The van der Waals surface area contributed by atoms with Crippen LogP contribution < -0.4 is 10.2 Å². The van der Waals surface area contributed by atoms with E-state index in [1.807, 2.05) is 88.4 Å². The highest BCUT2D eigenvalue weighted by Gasteiger charge is 2.75. The Morgan fingerprint density at radius 1 is 0.980 bits per heavy atom. The lowest BCUT2D eigenvalue weighted by atomic mass is 9.74. The number of hydrogen-bond acceptors (Lipinski definition) is 7. The number of nitrogens with zero attached hydrogens (tertiary/aromatic N) is 2. The van der Waals surface area contributed by atoms with Crippen LogP contribution in [0.3, 0.4) is 0 Å². The summed E-state index contributed by atoms with van der Waals surface area (Å²) in [5.41, 5.74) is 1.65. The van der Waals surface area contributed by atoms with Gasteiger partial charge in [0, 0.05) is 23.1 Å².